The third kappa shape index (κ3) is 6.33. The maximum Gasteiger partial charge on any atom is 0.333 e. The summed E-state index contributed by atoms with van der Waals surface area (Å²) in [6.07, 6.45) is -1.50. The Hall–Kier alpha value is -1.43. The van der Waals surface area contributed by atoms with Crippen LogP contribution in [0.15, 0.2) is 30.3 Å². The maximum atomic E-state index is 10.1. The van der Waals surface area contributed by atoms with E-state index in [2.05, 4.69) is 0 Å². The molecule has 0 heterocycles. The van der Waals surface area contributed by atoms with Gasteiger partial charge in [-0.25, -0.2) is 4.79 Å². The molecule has 0 aliphatic rings. The highest BCUT2D eigenvalue weighted by Gasteiger charge is 2.32. The zero-order valence-electron chi connectivity index (χ0n) is 11.6. The molecule has 0 amide bonds. The quantitative estimate of drug-likeness (QED) is 0.656. The Morgan fingerprint density at radius 2 is 1.79 bits per heavy atom. The fraction of sp³-hybridized carbons (Fsp3) is 0.500. The number of aliphatic hydroxyl groups is 2. The molecule has 108 valence electrons. The Balaban J connectivity index is 0.000000342. The maximum absolute atomic E-state index is 10.1. The predicted molar refractivity (Wildman–Crippen MR) is 73.6 cm³/mol. The van der Waals surface area contributed by atoms with Gasteiger partial charge in [-0.15, -0.1) is 0 Å². The molecule has 5 N–H and O–H groups in total. The molecule has 2 atom stereocenters. The lowest BCUT2D eigenvalue weighted by molar-refractivity contribution is -0.154. The van der Waals surface area contributed by atoms with Crippen LogP contribution in [-0.4, -0.2) is 34.0 Å². The topological polar surface area (TPSA) is 104 Å². The van der Waals surface area contributed by atoms with Gasteiger partial charge in [0.05, 0.1) is 6.61 Å². The molecule has 5 nitrogen and oxygen atoms in total. The smallest absolute Gasteiger partial charge is 0.333 e. The molecule has 0 radical (unpaired) electrons. The third-order valence-corrected chi connectivity index (χ3v) is 2.71. The highest BCUT2D eigenvalue weighted by Crippen LogP contribution is 2.19. The number of aliphatic carboxylic acids is 1. The van der Waals surface area contributed by atoms with E-state index in [9.17, 15) is 4.79 Å². The summed E-state index contributed by atoms with van der Waals surface area (Å²) >= 11 is 0. The molecule has 1 aromatic carbocycles. The first-order valence-corrected chi connectivity index (χ1v) is 6.04. The SMILES string of the molecule is CC(C)(CO)C(O)C(=O)O.CC(N)c1ccccc1. The van der Waals surface area contributed by atoms with Crippen molar-refractivity contribution < 1.29 is 20.1 Å². The molecule has 0 bridgehead atoms. The third-order valence-electron chi connectivity index (χ3n) is 2.71. The summed E-state index contributed by atoms with van der Waals surface area (Å²) in [5.74, 6) is -1.31. The first-order chi connectivity index (χ1) is 8.72. The van der Waals surface area contributed by atoms with Crippen LogP contribution in [0.1, 0.15) is 32.4 Å². The Morgan fingerprint density at radius 3 is 2.00 bits per heavy atom. The first kappa shape index (κ1) is 17.6. The predicted octanol–water partition coefficient (Wildman–Crippen LogP) is 1.16. The van der Waals surface area contributed by atoms with Gasteiger partial charge in [0.15, 0.2) is 6.10 Å². The van der Waals surface area contributed by atoms with E-state index in [4.69, 9.17) is 21.1 Å². The number of hydrogen-bond acceptors (Lipinski definition) is 4. The van der Waals surface area contributed by atoms with Crippen molar-refractivity contribution in [3.8, 4) is 0 Å². The molecule has 19 heavy (non-hydrogen) atoms. The molecule has 5 heteroatoms. The number of aliphatic hydroxyl groups excluding tert-OH is 2. The van der Waals surface area contributed by atoms with Gasteiger partial charge in [0.2, 0.25) is 0 Å². The summed E-state index contributed by atoms with van der Waals surface area (Å²) in [6, 6.07) is 10.2. The number of carbonyl (C=O) groups is 1. The summed E-state index contributed by atoms with van der Waals surface area (Å²) in [6.45, 7) is 4.59. The van der Waals surface area contributed by atoms with Crippen molar-refractivity contribution in [2.24, 2.45) is 11.1 Å². The van der Waals surface area contributed by atoms with E-state index in [1.54, 1.807) is 0 Å². The summed E-state index contributed by atoms with van der Waals surface area (Å²) in [5.41, 5.74) is 5.84. The fourth-order valence-corrected chi connectivity index (χ4v) is 1.18. The normalized spacial score (nSPS) is 14.0. The van der Waals surface area contributed by atoms with Crippen LogP contribution < -0.4 is 5.73 Å². The Labute approximate surface area is 113 Å². The van der Waals surface area contributed by atoms with Gasteiger partial charge in [0.25, 0.3) is 0 Å². The van der Waals surface area contributed by atoms with Crippen molar-refractivity contribution in [3.05, 3.63) is 35.9 Å². The van der Waals surface area contributed by atoms with E-state index in [1.165, 1.54) is 19.4 Å². The molecule has 1 rings (SSSR count). The van der Waals surface area contributed by atoms with Crippen molar-refractivity contribution >= 4 is 5.97 Å². The van der Waals surface area contributed by atoms with Crippen molar-refractivity contribution in [2.45, 2.75) is 32.9 Å². The summed E-state index contributed by atoms with van der Waals surface area (Å²) < 4.78 is 0. The molecule has 0 saturated heterocycles. The number of nitrogens with two attached hydrogens (primary N) is 1. The molecule has 2 unspecified atom stereocenters. The molecule has 0 saturated carbocycles. The minimum absolute atomic E-state index is 0.159. The minimum atomic E-state index is -1.50. The minimum Gasteiger partial charge on any atom is -0.479 e. The van der Waals surface area contributed by atoms with Crippen LogP contribution in [0.3, 0.4) is 0 Å². The monoisotopic (exact) mass is 269 g/mol. The number of hydrogen-bond donors (Lipinski definition) is 4. The lowest BCUT2D eigenvalue weighted by atomic mass is 9.88. The highest BCUT2D eigenvalue weighted by molar-refractivity contribution is 5.72. The number of benzene rings is 1. The van der Waals surface area contributed by atoms with E-state index in [-0.39, 0.29) is 12.6 Å². The number of carboxylic acid groups (broad SMARTS) is 1. The van der Waals surface area contributed by atoms with Crippen LogP contribution >= 0.6 is 0 Å². The van der Waals surface area contributed by atoms with Crippen LogP contribution in [0.25, 0.3) is 0 Å². The van der Waals surface area contributed by atoms with Crippen molar-refractivity contribution in [1.82, 2.24) is 0 Å². The molecule has 0 aromatic heterocycles. The van der Waals surface area contributed by atoms with Crippen molar-refractivity contribution in [1.29, 1.82) is 0 Å². The lowest BCUT2D eigenvalue weighted by Gasteiger charge is -2.24. The molecule has 0 aliphatic carbocycles. The second-order valence-corrected chi connectivity index (χ2v) is 5.09. The van der Waals surface area contributed by atoms with Crippen LogP contribution in [0, 0.1) is 5.41 Å². The van der Waals surface area contributed by atoms with Crippen LogP contribution in [0.2, 0.25) is 0 Å². The zero-order chi connectivity index (χ0) is 15.1. The van der Waals surface area contributed by atoms with Crippen molar-refractivity contribution in [2.75, 3.05) is 6.61 Å². The van der Waals surface area contributed by atoms with E-state index in [0.29, 0.717) is 0 Å². The second-order valence-electron chi connectivity index (χ2n) is 5.09. The van der Waals surface area contributed by atoms with Gasteiger partial charge in [0, 0.05) is 11.5 Å². The van der Waals surface area contributed by atoms with Gasteiger partial charge in [0.1, 0.15) is 0 Å². The Bertz CT molecular complexity index is 376. The van der Waals surface area contributed by atoms with Gasteiger partial charge >= 0.3 is 5.97 Å². The summed E-state index contributed by atoms with van der Waals surface area (Å²) in [5, 5.41) is 25.8. The molecule has 0 spiro atoms. The first-order valence-electron chi connectivity index (χ1n) is 6.04. The van der Waals surface area contributed by atoms with Gasteiger partial charge < -0.3 is 21.1 Å². The zero-order valence-corrected chi connectivity index (χ0v) is 11.6. The standard InChI is InChI=1S/C8H11N.C6H12O4/c1-7(9)8-5-3-2-4-6-8;1-6(2,3-7)4(8)5(9)10/h2-7H,9H2,1H3;4,7-8H,3H2,1-2H3,(H,9,10). The number of rotatable bonds is 4. The average molecular weight is 269 g/mol. The second kappa shape index (κ2) is 7.89. The van der Waals surface area contributed by atoms with E-state index in [0.717, 1.165) is 0 Å². The molecular weight excluding hydrogens is 246 g/mol. The largest absolute Gasteiger partial charge is 0.479 e. The molecule has 1 aromatic rings. The van der Waals surface area contributed by atoms with E-state index < -0.39 is 17.5 Å². The number of carboxylic acids is 1. The molecule has 0 fully saturated rings. The van der Waals surface area contributed by atoms with Crippen LogP contribution in [-0.2, 0) is 4.79 Å². The summed E-state index contributed by atoms with van der Waals surface area (Å²) in [4.78, 5) is 10.1. The lowest BCUT2D eigenvalue weighted by Crippen LogP contribution is -2.38. The average Bonchev–Trinajstić information content (AvgIpc) is 2.39. The van der Waals surface area contributed by atoms with Gasteiger partial charge in [-0.3, -0.25) is 0 Å². The Kier molecular flexibility index (Phi) is 7.29. The van der Waals surface area contributed by atoms with Crippen LogP contribution in [0.4, 0.5) is 0 Å². The van der Waals surface area contributed by atoms with Crippen LogP contribution in [0.5, 0.6) is 0 Å². The fourth-order valence-electron chi connectivity index (χ4n) is 1.18. The van der Waals surface area contributed by atoms with Gasteiger partial charge in [-0.1, -0.05) is 44.2 Å². The molecular formula is C14H23NO4. The Morgan fingerprint density at radius 1 is 1.32 bits per heavy atom. The van der Waals surface area contributed by atoms with Gasteiger partial charge in [-0.05, 0) is 12.5 Å². The highest BCUT2D eigenvalue weighted by atomic mass is 16.4. The van der Waals surface area contributed by atoms with Gasteiger partial charge in [-0.2, -0.15) is 0 Å². The van der Waals surface area contributed by atoms with E-state index >= 15 is 0 Å². The molecule has 0 aliphatic heterocycles. The summed E-state index contributed by atoms with van der Waals surface area (Å²) in [7, 11) is 0. The van der Waals surface area contributed by atoms with E-state index in [1.807, 2.05) is 37.3 Å². The van der Waals surface area contributed by atoms with Crippen molar-refractivity contribution in [3.63, 3.8) is 0 Å².